The fourth-order valence-corrected chi connectivity index (χ4v) is 2.90. The molecule has 2 N–H and O–H groups in total. The van der Waals surface area contributed by atoms with E-state index in [1.165, 1.54) is 0 Å². The van der Waals surface area contributed by atoms with Gasteiger partial charge in [0, 0.05) is 4.47 Å². The van der Waals surface area contributed by atoms with Crippen LogP contribution in [0.15, 0.2) is 46.9 Å². The van der Waals surface area contributed by atoms with Gasteiger partial charge in [-0.2, -0.15) is 0 Å². The lowest BCUT2D eigenvalue weighted by atomic mass is 10.1. The number of carbonyl (C=O) groups excluding carboxylic acids is 2. The van der Waals surface area contributed by atoms with Gasteiger partial charge < -0.3 is 5.73 Å². The summed E-state index contributed by atoms with van der Waals surface area (Å²) in [6.07, 6.45) is -0.780. The third-order valence-electron chi connectivity index (χ3n) is 3.67. The molecule has 3 rings (SSSR count). The predicted octanol–water partition coefficient (Wildman–Crippen LogP) is 3.01. The zero-order valence-electron chi connectivity index (χ0n) is 11.3. The van der Waals surface area contributed by atoms with Crippen molar-refractivity contribution in [3.05, 3.63) is 69.2 Å². The minimum Gasteiger partial charge on any atom is -0.307 e. The van der Waals surface area contributed by atoms with E-state index in [-0.39, 0.29) is 11.8 Å². The highest BCUT2D eigenvalue weighted by atomic mass is 79.9. The number of nitrogens with two attached hydrogens (primary N) is 1. The van der Waals surface area contributed by atoms with Gasteiger partial charge in [-0.1, -0.05) is 40.2 Å². The fraction of sp³-hybridized carbons (Fsp3) is 0.125. The summed E-state index contributed by atoms with van der Waals surface area (Å²) in [4.78, 5) is 26.1. The molecule has 106 valence electrons. The fourth-order valence-electron chi connectivity index (χ4n) is 2.54. The van der Waals surface area contributed by atoms with Crippen LogP contribution in [0.5, 0.6) is 0 Å². The van der Waals surface area contributed by atoms with Crippen LogP contribution in [0.2, 0.25) is 0 Å². The first-order valence-electron chi connectivity index (χ1n) is 6.49. The van der Waals surface area contributed by atoms with Gasteiger partial charge in [0.15, 0.2) is 0 Å². The number of imide groups is 1. The summed E-state index contributed by atoms with van der Waals surface area (Å²) >= 11 is 3.31. The Balaban J connectivity index is 2.04. The van der Waals surface area contributed by atoms with Crippen molar-refractivity contribution in [1.29, 1.82) is 0 Å². The zero-order valence-corrected chi connectivity index (χ0v) is 12.9. The molecule has 0 aliphatic carbocycles. The van der Waals surface area contributed by atoms with Crippen molar-refractivity contribution < 1.29 is 9.59 Å². The topological polar surface area (TPSA) is 63.4 Å². The van der Waals surface area contributed by atoms with E-state index in [4.69, 9.17) is 5.73 Å². The van der Waals surface area contributed by atoms with Gasteiger partial charge in [0.25, 0.3) is 11.8 Å². The van der Waals surface area contributed by atoms with Gasteiger partial charge in [0.05, 0.1) is 11.1 Å². The summed E-state index contributed by atoms with van der Waals surface area (Å²) in [5, 5.41) is 0. The average Bonchev–Trinajstić information content (AvgIpc) is 2.70. The second-order valence-electron chi connectivity index (χ2n) is 4.97. The number of hydrogen-bond acceptors (Lipinski definition) is 3. The molecule has 2 amide bonds. The number of amides is 2. The Kier molecular flexibility index (Phi) is 3.39. The molecule has 0 fully saturated rings. The molecule has 0 bridgehead atoms. The molecule has 1 heterocycles. The second kappa shape index (κ2) is 5.09. The van der Waals surface area contributed by atoms with Gasteiger partial charge >= 0.3 is 0 Å². The molecule has 0 aromatic heterocycles. The van der Waals surface area contributed by atoms with E-state index in [0.717, 1.165) is 20.5 Å². The summed E-state index contributed by atoms with van der Waals surface area (Å²) < 4.78 is 0.758. The van der Waals surface area contributed by atoms with Crippen molar-refractivity contribution in [3.63, 3.8) is 0 Å². The summed E-state index contributed by atoms with van der Waals surface area (Å²) in [5.41, 5.74) is 8.67. The van der Waals surface area contributed by atoms with Crippen molar-refractivity contribution in [2.75, 3.05) is 0 Å². The summed E-state index contributed by atoms with van der Waals surface area (Å²) in [6, 6.07) is 12.5. The van der Waals surface area contributed by atoms with Crippen molar-refractivity contribution in [2.45, 2.75) is 13.1 Å². The van der Waals surface area contributed by atoms with Gasteiger partial charge in [0.2, 0.25) is 0 Å². The number of carbonyl (C=O) groups is 2. The minimum atomic E-state index is -0.780. The largest absolute Gasteiger partial charge is 0.307 e. The van der Waals surface area contributed by atoms with Crippen LogP contribution in [0.4, 0.5) is 0 Å². The Morgan fingerprint density at radius 3 is 2.43 bits per heavy atom. The van der Waals surface area contributed by atoms with E-state index in [0.29, 0.717) is 11.1 Å². The number of aryl methyl sites for hydroxylation is 1. The first-order valence-corrected chi connectivity index (χ1v) is 7.28. The van der Waals surface area contributed by atoms with Crippen LogP contribution in [-0.4, -0.2) is 16.7 Å². The molecular weight excluding hydrogens is 332 g/mol. The average molecular weight is 345 g/mol. The Morgan fingerprint density at radius 2 is 1.71 bits per heavy atom. The molecule has 1 aliphatic rings. The first kappa shape index (κ1) is 14.0. The number of fused-ring (bicyclic) bond motifs is 1. The van der Waals surface area contributed by atoms with E-state index < -0.39 is 6.17 Å². The maximum absolute atomic E-state index is 12.5. The Morgan fingerprint density at radius 1 is 1.05 bits per heavy atom. The van der Waals surface area contributed by atoms with Crippen LogP contribution in [0.25, 0.3) is 0 Å². The molecular formula is C16H13BrN2O2. The lowest BCUT2D eigenvalue weighted by Crippen LogP contribution is -2.39. The Hall–Kier alpha value is -1.98. The molecule has 1 unspecified atom stereocenters. The monoisotopic (exact) mass is 344 g/mol. The van der Waals surface area contributed by atoms with Crippen LogP contribution in [-0.2, 0) is 0 Å². The Labute approximate surface area is 130 Å². The number of halogens is 1. The van der Waals surface area contributed by atoms with Gasteiger partial charge in [0.1, 0.15) is 6.17 Å². The van der Waals surface area contributed by atoms with Crippen LogP contribution in [0.1, 0.15) is 38.0 Å². The molecule has 21 heavy (non-hydrogen) atoms. The second-order valence-corrected chi connectivity index (χ2v) is 5.89. The van der Waals surface area contributed by atoms with E-state index in [2.05, 4.69) is 15.9 Å². The van der Waals surface area contributed by atoms with Crippen LogP contribution in [0.3, 0.4) is 0 Å². The molecule has 0 saturated carbocycles. The highest BCUT2D eigenvalue weighted by Gasteiger charge is 2.39. The van der Waals surface area contributed by atoms with Gasteiger partial charge in [-0.05, 0) is 36.2 Å². The smallest absolute Gasteiger partial charge is 0.263 e. The standard InChI is InChI=1S/C16H13BrN2O2/c1-9-4-2-3-5-11(9)14(18)19-15(20)12-7-6-10(17)8-13(12)16(19)21/h2-8,14H,18H2,1H3. The Bertz CT molecular complexity index is 758. The lowest BCUT2D eigenvalue weighted by Gasteiger charge is -2.23. The summed E-state index contributed by atoms with van der Waals surface area (Å²) in [5.74, 6) is -0.703. The molecule has 5 heteroatoms. The molecule has 4 nitrogen and oxygen atoms in total. The summed E-state index contributed by atoms with van der Waals surface area (Å²) in [6.45, 7) is 1.91. The van der Waals surface area contributed by atoms with Crippen LogP contribution < -0.4 is 5.73 Å². The lowest BCUT2D eigenvalue weighted by molar-refractivity contribution is 0.0586. The van der Waals surface area contributed by atoms with Crippen molar-refractivity contribution in [2.24, 2.45) is 5.73 Å². The van der Waals surface area contributed by atoms with Crippen LogP contribution >= 0.6 is 15.9 Å². The van der Waals surface area contributed by atoms with E-state index >= 15 is 0 Å². The highest BCUT2D eigenvalue weighted by molar-refractivity contribution is 9.10. The van der Waals surface area contributed by atoms with Gasteiger partial charge in [-0.25, -0.2) is 0 Å². The molecule has 2 aromatic rings. The molecule has 0 spiro atoms. The number of rotatable bonds is 2. The molecule has 0 saturated heterocycles. The van der Waals surface area contributed by atoms with Crippen molar-refractivity contribution in [3.8, 4) is 0 Å². The maximum atomic E-state index is 12.5. The number of benzene rings is 2. The SMILES string of the molecule is Cc1ccccc1C(N)N1C(=O)c2ccc(Br)cc2C1=O. The number of hydrogen-bond donors (Lipinski definition) is 1. The highest BCUT2D eigenvalue weighted by Crippen LogP contribution is 2.31. The minimum absolute atomic E-state index is 0.349. The number of nitrogens with zero attached hydrogens (tertiary/aromatic N) is 1. The molecule has 2 aromatic carbocycles. The van der Waals surface area contributed by atoms with Crippen molar-refractivity contribution >= 4 is 27.7 Å². The van der Waals surface area contributed by atoms with E-state index in [1.807, 2.05) is 31.2 Å². The molecule has 1 atom stereocenters. The maximum Gasteiger partial charge on any atom is 0.263 e. The first-order chi connectivity index (χ1) is 10.0. The third-order valence-corrected chi connectivity index (χ3v) is 4.16. The third kappa shape index (κ3) is 2.18. The van der Waals surface area contributed by atoms with Crippen molar-refractivity contribution in [1.82, 2.24) is 4.90 Å². The zero-order chi connectivity index (χ0) is 15.1. The van der Waals surface area contributed by atoms with E-state index in [9.17, 15) is 9.59 Å². The molecule has 0 radical (unpaired) electrons. The quantitative estimate of drug-likeness (QED) is 0.851. The summed E-state index contributed by atoms with van der Waals surface area (Å²) in [7, 11) is 0. The predicted molar refractivity (Wildman–Crippen MR) is 82.7 cm³/mol. The van der Waals surface area contributed by atoms with Gasteiger partial charge in [-0.3, -0.25) is 14.5 Å². The van der Waals surface area contributed by atoms with Gasteiger partial charge in [-0.15, -0.1) is 0 Å². The molecule has 1 aliphatic heterocycles. The van der Waals surface area contributed by atoms with E-state index in [1.54, 1.807) is 18.2 Å². The normalized spacial score (nSPS) is 15.3. The van der Waals surface area contributed by atoms with Crippen LogP contribution in [0, 0.1) is 6.92 Å².